The average Bonchev–Trinajstić information content (AvgIpc) is 3.08. The molecule has 1 fully saturated rings. The highest BCUT2D eigenvalue weighted by Gasteiger charge is 2.37. The third kappa shape index (κ3) is 3.57. The zero-order chi connectivity index (χ0) is 19.9. The summed E-state index contributed by atoms with van der Waals surface area (Å²) in [6, 6.07) is 9.14. The number of hydrogen-bond donors (Lipinski definition) is 3. The maximum Gasteiger partial charge on any atom is 0.449 e. The van der Waals surface area contributed by atoms with Crippen LogP contribution in [0.5, 0.6) is 0 Å². The van der Waals surface area contributed by atoms with E-state index in [4.69, 9.17) is 0 Å². The van der Waals surface area contributed by atoms with Crippen LogP contribution < -0.4 is 5.32 Å². The standard InChI is InChI=1S/C19H17F3N4O2/c20-19(21,22)18-24-13-5-4-10(9-15(13)25-18)17(28)26-16(11-7-12(27)8-11)14-3-1-2-6-23-14/h1-6,9,11-12,16,27H,7-8H2,(H,24,25)(H,26,28)/t11?,12?,16-/m1/s1. The summed E-state index contributed by atoms with van der Waals surface area (Å²) in [5.74, 6) is -1.49. The van der Waals surface area contributed by atoms with Gasteiger partial charge in [0.2, 0.25) is 5.82 Å². The molecule has 4 rings (SSSR count). The van der Waals surface area contributed by atoms with E-state index in [1.54, 1.807) is 18.3 Å². The van der Waals surface area contributed by atoms with Crippen molar-refractivity contribution in [1.82, 2.24) is 20.3 Å². The Morgan fingerprint density at radius 1 is 1.25 bits per heavy atom. The van der Waals surface area contributed by atoms with Gasteiger partial charge in [-0.05, 0) is 49.1 Å². The quantitative estimate of drug-likeness (QED) is 0.638. The van der Waals surface area contributed by atoms with E-state index in [1.165, 1.54) is 18.2 Å². The maximum atomic E-state index is 12.8. The van der Waals surface area contributed by atoms with Crippen LogP contribution >= 0.6 is 0 Å². The zero-order valence-electron chi connectivity index (χ0n) is 14.6. The summed E-state index contributed by atoms with van der Waals surface area (Å²) in [7, 11) is 0. The highest BCUT2D eigenvalue weighted by Crippen LogP contribution is 2.37. The highest BCUT2D eigenvalue weighted by molar-refractivity contribution is 5.97. The highest BCUT2D eigenvalue weighted by atomic mass is 19.4. The van der Waals surface area contributed by atoms with Crippen LogP contribution in [0.25, 0.3) is 11.0 Å². The van der Waals surface area contributed by atoms with E-state index >= 15 is 0 Å². The number of H-pyrrole nitrogens is 1. The number of benzene rings is 1. The number of alkyl halides is 3. The van der Waals surface area contributed by atoms with Gasteiger partial charge in [0, 0.05) is 11.8 Å². The van der Waals surface area contributed by atoms with Crippen molar-refractivity contribution in [3.63, 3.8) is 0 Å². The number of hydrogen-bond acceptors (Lipinski definition) is 4. The first kappa shape index (κ1) is 18.4. The van der Waals surface area contributed by atoms with Crippen LogP contribution in [0.3, 0.4) is 0 Å². The Kier molecular flexibility index (Phi) is 4.54. The van der Waals surface area contributed by atoms with Crippen molar-refractivity contribution >= 4 is 16.9 Å². The van der Waals surface area contributed by atoms with Crippen LogP contribution in [-0.2, 0) is 6.18 Å². The molecule has 9 heteroatoms. The predicted octanol–water partition coefficient (Wildman–Crippen LogP) is 3.22. The molecule has 3 aromatic rings. The van der Waals surface area contributed by atoms with Gasteiger partial charge in [-0.1, -0.05) is 6.07 Å². The van der Waals surface area contributed by atoms with Crippen molar-refractivity contribution < 1.29 is 23.1 Å². The number of aliphatic hydroxyl groups excluding tert-OH is 1. The molecule has 2 aromatic heterocycles. The van der Waals surface area contributed by atoms with Gasteiger partial charge in [-0.3, -0.25) is 9.78 Å². The van der Waals surface area contributed by atoms with Crippen molar-refractivity contribution in [2.24, 2.45) is 5.92 Å². The fourth-order valence-corrected chi connectivity index (χ4v) is 3.40. The molecule has 0 bridgehead atoms. The number of nitrogens with one attached hydrogen (secondary N) is 2. The summed E-state index contributed by atoms with van der Waals surface area (Å²) in [6.07, 6.45) is -2.25. The first-order valence-corrected chi connectivity index (χ1v) is 8.78. The van der Waals surface area contributed by atoms with Gasteiger partial charge in [-0.25, -0.2) is 4.98 Å². The van der Waals surface area contributed by atoms with Crippen molar-refractivity contribution in [2.75, 3.05) is 0 Å². The molecule has 1 aromatic carbocycles. The van der Waals surface area contributed by atoms with E-state index < -0.39 is 24.0 Å². The van der Waals surface area contributed by atoms with E-state index in [9.17, 15) is 23.1 Å². The molecule has 2 heterocycles. The molecule has 0 unspecified atom stereocenters. The SMILES string of the molecule is O=C(N[C@@H](c1ccccn1)C1CC(O)C1)c1ccc2nc(C(F)(F)F)[nH]c2c1. The predicted molar refractivity (Wildman–Crippen MR) is 94.3 cm³/mol. The minimum Gasteiger partial charge on any atom is -0.393 e. The molecule has 1 amide bonds. The molecule has 1 aliphatic carbocycles. The van der Waals surface area contributed by atoms with Crippen LogP contribution in [0.2, 0.25) is 0 Å². The molecule has 6 nitrogen and oxygen atoms in total. The second-order valence-electron chi connectivity index (χ2n) is 6.91. The van der Waals surface area contributed by atoms with Gasteiger partial charge in [0.05, 0.1) is 28.9 Å². The molecule has 28 heavy (non-hydrogen) atoms. The molecule has 3 N–H and O–H groups in total. The normalized spacial score (nSPS) is 20.6. The minimum absolute atomic E-state index is 0.0431. The Labute approximate surface area is 157 Å². The lowest BCUT2D eigenvalue weighted by atomic mass is 9.76. The van der Waals surface area contributed by atoms with Crippen molar-refractivity contribution in [3.05, 3.63) is 59.7 Å². The summed E-state index contributed by atoms with van der Waals surface area (Å²) < 4.78 is 38.4. The summed E-state index contributed by atoms with van der Waals surface area (Å²) in [5.41, 5.74) is 1.15. The molecule has 1 atom stereocenters. The van der Waals surface area contributed by atoms with Crippen LogP contribution in [0, 0.1) is 5.92 Å². The molecular weight excluding hydrogens is 373 g/mol. The van der Waals surface area contributed by atoms with Crippen LogP contribution in [0.1, 0.15) is 40.8 Å². The summed E-state index contributed by atoms with van der Waals surface area (Å²) in [6.45, 7) is 0. The number of rotatable bonds is 4. The molecule has 0 aliphatic heterocycles. The van der Waals surface area contributed by atoms with Crippen LogP contribution in [0.15, 0.2) is 42.6 Å². The van der Waals surface area contributed by atoms with Gasteiger partial charge in [0.25, 0.3) is 5.91 Å². The maximum absolute atomic E-state index is 12.8. The summed E-state index contributed by atoms with van der Waals surface area (Å²) in [5, 5.41) is 12.5. The first-order chi connectivity index (χ1) is 13.3. The van der Waals surface area contributed by atoms with E-state index in [1.807, 2.05) is 6.07 Å². The topological polar surface area (TPSA) is 90.9 Å². The van der Waals surface area contributed by atoms with Gasteiger partial charge in [-0.2, -0.15) is 13.2 Å². The monoisotopic (exact) mass is 390 g/mol. The van der Waals surface area contributed by atoms with Gasteiger partial charge in [-0.15, -0.1) is 0 Å². The molecule has 1 saturated carbocycles. The van der Waals surface area contributed by atoms with Crippen molar-refractivity contribution in [2.45, 2.75) is 31.2 Å². The number of aromatic nitrogens is 3. The van der Waals surface area contributed by atoms with Crippen LogP contribution in [0.4, 0.5) is 13.2 Å². The number of amides is 1. The third-order valence-corrected chi connectivity index (χ3v) is 4.93. The Bertz CT molecular complexity index is 997. The number of imidazole rings is 1. The largest absolute Gasteiger partial charge is 0.449 e. The van der Waals surface area contributed by atoms with Gasteiger partial charge >= 0.3 is 6.18 Å². The molecule has 1 aliphatic rings. The fourth-order valence-electron chi connectivity index (χ4n) is 3.40. The Morgan fingerprint density at radius 2 is 2.04 bits per heavy atom. The number of nitrogens with zero attached hydrogens (tertiary/aromatic N) is 2. The number of pyridine rings is 1. The number of carbonyl (C=O) groups is 1. The van der Waals surface area contributed by atoms with E-state index in [2.05, 4.69) is 20.3 Å². The Hall–Kier alpha value is -2.94. The molecule has 146 valence electrons. The lowest BCUT2D eigenvalue weighted by molar-refractivity contribution is -0.144. The first-order valence-electron chi connectivity index (χ1n) is 8.78. The lowest BCUT2D eigenvalue weighted by Gasteiger charge is -2.37. The Morgan fingerprint density at radius 3 is 2.68 bits per heavy atom. The van der Waals surface area contributed by atoms with Crippen molar-refractivity contribution in [3.8, 4) is 0 Å². The fraction of sp³-hybridized carbons (Fsp3) is 0.316. The number of fused-ring (bicyclic) bond motifs is 1. The molecule has 0 saturated heterocycles. The van der Waals surface area contributed by atoms with Crippen molar-refractivity contribution in [1.29, 1.82) is 0 Å². The molecule has 0 spiro atoms. The smallest absolute Gasteiger partial charge is 0.393 e. The second-order valence-corrected chi connectivity index (χ2v) is 6.91. The van der Waals surface area contributed by atoms with Gasteiger partial charge < -0.3 is 15.4 Å². The second kappa shape index (κ2) is 6.90. The van der Waals surface area contributed by atoms with E-state index in [0.717, 1.165) is 0 Å². The number of carbonyl (C=O) groups excluding carboxylic acids is 1. The third-order valence-electron chi connectivity index (χ3n) is 4.93. The van der Waals surface area contributed by atoms with E-state index in [-0.39, 0.29) is 28.6 Å². The number of aliphatic hydroxyl groups is 1. The van der Waals surface area contributed by atoms with E-state index in [0.29, 0.717) is 18.5 Å². The van der Waals surface area contributed by atoms with Crippen LogP contribution in [-0.4, -0.2) is 32.1 Å². The number of aromatic amines is 1. The molecule has 0 radical (unpaired) electrons. The van der Waals surface area contributed by atoms with Gasteiger partial charge in [0.1, 0.15) is 0 Å². The number of halogens is 3. The Balaban J connectivity index is 1.59. The average molecular weight is 390 g/mol. The summed E-state index contributed by atoms with van der Waals surface area (Å²) in [4.78, 5) is 22.7. The van der Waals surface area contributed by atoms with Gasteiger partial charge in [0.15, 0.2) is 0 Å². The zero-order valence-corrected chi connectivity index (χ0v) is 14.6. The lowest BCUT2D eigenvalue weighted by Crippen LogP contribution is -2.41. The molecular formula is C19H17F3N4O2. The summed E-state index contributed by atoms with van der Waals surface area (Å²) >= 11 is 0. The minimum atomic E-state index is -4.59.